The molecule has 4 nitrogen and oxygen atoms in total. The minimum atomic E-state index is -0.136. The fourth-order valence-electron chi connectivity index (χ4n) is 2.17. The van der Waals surface area contributed by atoms with Crippen LogP contribution in [0, 0.1) is 6.92 Å². The summed E-state index contributed by atoms with van der Waals surface area (Å²) in [4.78, 5) is 4.06. The van der Waals surface area contributed by atoms with Gasteiger partial charge in [-0.15, -0.1) is 0 Å². The molecule has 2 rings (SSSR count). The lowest BCUT2D eigenvalue weighted by atomic mass is 10.1. The van der Waals surface area contributed by atoms with Crippen molar-refractivity contribution in [2.45, 2.75) is 33.0 Å². The Labute approximate surface area is 133 Å². The van der Waals surface area contributed by atoms with Gasteiger partial charge in [-0.25, -0.2) is 0 Å². The van der Waals surface area contributed by atoms with Crippen LogP contribution < -0.4 is 5.32 Å². The number of nitrogens with zero attached hydrogens (tertiary/aromatic N) is 1. The van der Waals surface area contributed by atoms with Crippen molar-refractivity contribution in [2.24, 2.45) is 0 Å². The monoisotopic (exact) mass is 350 g/mol. The van der Waals surface area contributed by atoms with Crippen LogP contribution in [0.3, 0.4) is 0 Å². The maximum Gasteiger partial charge on any atom is 0.141 e. The molecule has 0 spiro atoms. The van der Waals surface area contributed by atoms with E-state index in [1.54, 1.807) is 13.1 Å². The van der Waals surface area contributed by atoms with Gasteiger partial charge in [-0.2, -0.15) is 0 Å². The number of aliphatic hydroxyl groups excluding tert-OH is 1. The highest BCUT2D eigenvalue weighted by atomic mass is 79.9. The molecule has 0 aliphatic heterocycles. The second kappa shape index (κ2) is 7.02. The number of pyridine rings is 1. The van der Waals surface area contributed by atoms with Crippen LogP contribution in [0.5, 0.6) is 5.75 Å². The fraction of sp³-hybridized carbons (Fsp3) is 0.312. The molecule has 5 heteroatoms. The molecule has 0 saturated heterocycles. The molecule has 3 N–H and O–H groups in total. The number of hydrogen-bond donors (Lipinski definition) is 3. The number of aromatic nitrogens is 1. The summed E-state index contributed by atoms with van der Waals surface area (Å²) < 4.78 is 1.03. The van der Waals surface area contributed by atoms with E-state index in [1.165, 1.54) is 0 Å². The van der Waals surface area contributed by atoms with Crippen molar-refractivity contribution in [2.75, 3.05) is 0 Å². The first kappa shape index (κ1) is 15.9. The van der Waals surface area contributed by atoms with Crippen LogP contribution >= 0.6 is 15.9 Å². The number of aryl methyl sites for hydroxylation is 1. The fourth-order valence-corrected chi connectivity index (χ4v) is 2.58. The van der Waals surface area contributed by atoms with Gasteiger partial charge in [-0.1, -0.05) is 28.1 Å². The van der Waals surface area contributed by atoms with E-state index >= 15 is 0 Å². The highest BCUT2D eigenvalue weighted by Crippen LogP contribution is 2.25. The Kier molecular flexibility index (Phi) is 5.33. The molecule has 1 aromatic carbocycles. The molecule has 21 heavy (non-hydrogen) atoms. The molecule has 1 aromatic heterocycles. The van der Waals surface area contributed by atoms with E-state index in [0.717, 1.165) is 10.0 Å². The highest BCUT2D eigenvalue weighted by molar-refractivity contribution is 9.10. The standard InChI is InChI=1S/C16H19BrN2O2/c1-10(12-4-3-5-14(17)6-12)19-8-15-13(9-20)7-18-11(2)16(15)21/h3-7,10,19-21H,8-9H2,1-2H3. The van der Waals surface area contributed by atoms with E-state index in [0.29, 0.717) is 23.4 Å². The normalized spacial score (nSPS) is 12.4. The number of aromatic hydroxyl groups is 1. The van der Waals surface area contributed by atoms with Gasteiger partial charge in [0.05, 0.1) is 12.3 Å². The number of rotatable bonds is 5. The van der Waals surface area contributed by atoms with Crippen molar-refractivity contribution < 1.29 is 10.2 Å². The lowest BCUT2D eigenvalue weighted by molar-refractivity contribution is 0.278. The van der Waals surface area contributed by atoms with E-state index in [2.05, 4.69) is 39.2 Å². The molecule has 0 saturated carbocycles. The Bertz CT molecular complexity index is 632. The van der Waals surface area contributed by atoms with Gasteiger partial charge in [0.15, 0.2) is 0 Å². The van der Waals surface area contributed by atoms with Crippen LogP contribution in [0.15, 0.2) is 34.9 Å². The summed E-state index contributed by atoms with van der Waals surface area (Å²) in [6.45, 7) is 4.14. The van der Waals surface area contributed by atoms with E-state index in [1.807, 2.05) is 18.2 Å². The molecule has 0 fully saturated rings. The van der Waals surface area contributed by atoms with Gasteiger partial charge < -0.3 is 15.5 Å². The molecular formula is C16H19BrN2O2. The second-order valence-electron chi connectivity index (χ2n) is 5.01. The molecule has 0 bridgehead atoms. The Balaban J connectivity index is 2.14. The smallest absolute Gasteiger partial charge is 0.141 e. The van der Waals surface area contributed by atoms with Gasteiger partial charge in [-0.05, 0) is 31.5 Å². The number of aliphatic hydroxyl groups is 1. The largest absolute Gasteiger partial charge is 0.506 e. The molecule has 2 aromatic rings. The summed E-state index contributed by atoms with van der Waals surface area (Å²) in [5.41, 5.74) is 3.07. The average molecular weight is 351 g/mol. The van der Waals surface area contributed by atoms with Crippen LogP contribution in [-0.2, 0) is 13.2 Å². The maximum atomic E-state index is 10.1. The average Bonchev–Trinajstić information content (AvgIpc) is 2.48. The molecule has 0 amide bonds. The first-order chi connectivity index (χ1) is 10.0. The molecule has 1 heterocycles. The molecule has 0 aliphatic carbocycles. The van der Waals surface area contributed by atoms with Gasteiger partial charge in [0, 0.05) is 34.4 Å². The quantitative estimate of drug-likeness (QED) is 0.774. The number of benzene rings is 1. The Morgan fingerprint density at radius 3 is 2.81 bits per heavy atom. The van der Waals surface area contributed by atoms with Gasteiger partial charge in [0.25, 0.3) is 0 Å². The third-order valence-corrected chi connectivity index (χ3v) is 4.03. The van der Waals surface area contributed by atoms with E-state index in [4.69, 9.17) is 0 Å². The number of halogens is 1. The van der Waals surface area contributed by atoms with Crippen molar-refractivity contribution >= 4 is 15.9 Å². The molecular weight excluding hydrogens is 332 g/mol. The van der Waals surface area contributed by atoms with Crippen molar-refractivity contribution in [3.63, 3.8) is 0 Å². The van der Waals surface area contributed by atoms with E-state index < -0.39 is 0 Å². The van der Waals surface area contributed by atoms with E-state index in [9.17, 15) is 10.2 Å². The lowest BCUT2D eigenvalue weighted by Gasteiger charge is -2.17. The number of nitrogens with one attached hydrogen (secondary N) is 1. The van der Waals surface area contributed by atoms with Crippen molar-refractivity contribution in [1.29, 1.82) is 0 Å². The van der Waals surface area contributed by atoms with Crippen molar-refractivity contribution in [3.05, 3.63) is 57.3 Å². The third kappa shape index (κ3) is 3.81. The predicted octanol–water partition coefficient (Wildman–Crippen LogP) is 3.20. The Morgan fingerprint density at radius 1 is 1.38 bits per heavy atom. The molecule has 0 aliphatic rings. The van der Waals surface area contributed by atoms with Gasteiger partial charge in [-0.3, -0.25) is 4.98 Å². The van der Waals surface area contributed by atoms with Gasteiger partial charge in [0.2, 0.25) is 0 Å². The minimum Gasteiger partial charge on any atom is -0.506 e. The first-order valence-electron chi connectivity index (χ1n) is 6.79. The summed E-state index contributed by atoms with van der Waals surface area (Å²) in [6, 6.07) is 8.21. The summed E-state index contributed by atoms with van der Waals surface area (Å²) in [5, 5.41) is 22.8. The van der Waals surface area contributed by atoms with Gasteiger partial charge >= 0.3 is 0 Å². The molecule has 1 unspecified atom stereocenters. The lowest BCUT2D eigenvalue weighted by Crippen LogP contribution is -2.19. The zero-order valence-corrected chi connectivity index (χ0v) is 13.7. The van der Waals surface area contributed by atoms with Crippen molar-refractivity contribution in [1.82, 2.24) is 10.3 Å². The van der Waals surface area contributed by atoms with Crippen LogP contribution in [-0.4, -0.2) is 15.2 Å². The second-order valence-corrected chi connectivity index (χ2v) is 5.93. The number of hydrogen-bond acceptors (Lipinski definition) is 4. The summed E-state index contributed by atoms with van der Waals surface area (Å²) in [6.07, 6.45) is 1.61. The Hall–Kier alpha value is -1.43. The third-order valence-electron chi connectivity index (χ3n) is 3.53. The summed E-state index contributed by atoms with van der Waals surface area (Å²) >= 11 is 3.46. The molecule has 0 radical (unpaired) electrons. The topological polar surface area (TPSA) is 65.4 Å². The highest BCUT2D eigenvalue weighted by Gasteiger charge is 2.13. The zero-order chi connectivity index (χ0) is 15.4. The minimum absolute atomic E-state index is 0.127. The predicted molar refractivity (Wildman–Crippen MR) is 86.0 cm³/mol. The van der Waals surface area contributed by atoms with Gasteiger partial charge in [0.1, 0.15) is 5.75 Å². The van der Waals surface area contributed by atoms with Crippen LogP contribution in [0.2, 0.25) is 0 Å². The maximum absolute atomic E-state index is 10.1. The Morgan fingerprint density at radius 2 is 2.14 bits per heavy atom. The zero-order valence-electron chi connectivity index (χ0n) is 12.1. The molecule has 112 valence electrons. The summed E-state index contributed by atoms with van der Waals surface area (Å²) in [5.74, 6) is 0.149. The first-order valence-corrected chi connectivity index (χ1v) is 7.58. The summed E-state index contributed by atoms with van der Waals surface area (Å²) in [7, 11) is 0. The van der Waals surface area contributed by atoms with Crippen molar-refractivity contribution in [3.8, 4) is 5.75 Å². The van der Waals surface area contributed by atoms with Crippen LogP contribution in [0.1, 0.15) is 35.3 Å². The van der Waals surface area contributed by atoms with E-state index in [-0.39, 0.29) is 18.4 Å². The molecule has 1 atom stereocenters. The van der Waals surface area contributed by atoms with Crippen LogP contribution in [0.4, 0.5) is 0 Å². The SMILES string of the molecule is Cc1ncc(CO)c(CNC(C)c2cccc(Br)c2)c1O. The van der Waals surface area contributed by atoms with Crippen LogP contribution in [0.25, 0.3) is 0 Å².